The Balaban J connectivity index is 1.55. The molecule has 2 N–H and O–H groups in total. The molecule has 0 saturated carbocycles. The molecule has 0 aromatic heterocycles. The molecule has 150 valence electrons. The fourth-order valence-corrected chi connectivity index (χ4v) is 3.77. The van der Waals surface area contributed by atoms with E-state index in [0.29, 0.717) is 21.2 Å². The molecule has 8 heteroatoms. The van der Waals surface area contributed by atoms with Crippen molar-refractivity contribution in [1.82, 2.24) is 0 Å². The van der Waals surface area contributed by atoms with Crippen LogP contribution in [0, 0.1) is 0 Å². The Labute approximate surface area is 172 Å². The predicted octanol–water partition coefficient (Wildman–Crippen LogP) is 3.24. The van der Waals surface area contributed by atoms with Crippen molar-refractivity contribution < 1.29 is 29.2 Å². The summed E-state index contributed by atoms with van der Waals surface area (Å²) in [7, 11) is 0. The largest absolute Gasteiger partial charge is 0.388 e. The van der Waals surface area contributed by atoms with Crippen LogP contribution in [0.4, 0.5) is 0 Å². The van der Waals surface area contributed by atoms with Gasteiger partial charge in [-0.1, -0.05) is 59.6 Å². The highest BCUT2D eigenvalue weighted by Gasteiger charge is 2.44. The van der Waals surface area contributed by atoms with E-state index in [0.717, 1.165) is 0 Å². The highest BCUT2D eigenvalue weighted by Crippen LogP contribution is 2.37. The first-order valence-corrected chi connectivity index (χ1v) is 9.69. The van der Waals surface area contributed by atoms with Gasteiger partial charge >= 0.3 is 0 Å². The summed E-state index contributed by atoms with van der Waals surface area (Å²) in [6.45, 7) is 0.0641. The standard InChI is InChI=1S/C20H20Cl2O6/c21-13-7-3-1-5-11(13)19-26-10-16(27-19)18-17(24)15(23)9-25-20(28-18)12-6-2-4-8-14(12)22/h1-8,15-20,23-24H,9-10H2/t15-,16+,17+,18+,19?,20?/m0/s1. The highest BCUT2D eigenvalue weighted by atomic mass is 35.5. The zero-order valence-electron chi connectivity index (χ0n) is 14.8. The molecule has 2 unspecified atom stereocenters. The monoisotopic (exact) mass is 426 g/mol. The van der Waals surface area contributed by atoms with Crippen molar-refractivity contribution in [3.8, 4) is 0 Å². The van der Waals surface area contributed by atoms with Gasteiger partial charge in [0.25, 0.3) is 0 Å². The van der Waals surface area contributed by atoms with Gasteiger partial charge in [0, 0.05) is 21.2 Å². The molecule has 4 rings (SSSR count). The number of rotatable bonds is 3. The van der Waals surface area contributed by atoms with E-state index >= 15 is 0 Å². The molecular weight excluding hydrogens is 407 g/mol. The van der Waals surface area contributed by atoms with E-state index < -0.39 is 37.0 Å². The molecule has 2 aliphatic heterocycles. The second kappa shape index (κ2) is 8.65. The second-order valence-electron chi connectivity index (χ2n) is 6.71. The van der Waals surface area contributed by atoms with Crippen LogP contribution in [-0.2, 0) is 18.9 Å². The van der Waals surface area contributed by atoms with E-state index in [1.54, 1.807) is 24.3 Å². The molecule has 2 aromatic rings. The lowest BCUT2D eigenvalue weighted by molar-refractivity contribution is -0.200. The first kappa shape index (κ1) is 20.1. The van der Waals surface area contributed by atoms with Gasteiger partial charge in [0.1, 0.15) is 24.4 Å². The molecule has 0 aliphatic carbocycles. The third kappa shape index (κ3) is 4.06. The quantitative estimate of drug-likeness (QED) is 0.784. The van der Waals surface area contributed by atoms with Crippen LogP contribution in [0.1, 0.15) is 23.7 Å². The van der Waals surface area contributed by atoms with E-state index in [9.17, 15) is 10.2 Å². The van der Waals surface area contributed by atoms with E-state index in [-0.39, 0.29) is 13.2 Å². The van der Waals surface area contributed by atoms with Crippen LogP contribution >= 0.6 is 23.2 Å². The predicted molar refractivity (Wildman–Crippen MR) is 102 cm³/mol. The topological polar surface area (TPSA) is 77.4 Å². The van der Waals surface area contributed by atoms with Gasteiger partial charge in [-0.3, -0.25) is 0 Å². The molecule has 2 fully saturated rings. The van der Waals surface area contributed by atoms with Gasteiger partial charge in [0.2, 0.25) is 0 Å². The van der Waals surface area contributed by atoms with Gasteiger partial charge in [-0.25, -0.2) is 0 Å². The number of benzene rings is 2. The Morgan fingerprint density at radius 3 is 1.89 bits per heavy atom. The number of aliphatic hydroxyl groups is 2. The third-order valence-corrected chi connectivity index (χ3v) is 5.51. The Morgan fingerprint density at radius 1 is 0.750 bits per heavy atom. The van der Waals surface area contributed by atoms with E-state index in [1.807, 2.05) is 24.3 Å². The fraction of sp³-hybridized carbons (Fsp3) is 0.400. The molecular formula is C20H20Cl2O6. The highest BCUT2D eigenvalue weighted by molar-refractivity contribution is 6.31. The van der Waals surface area contributed by atoms with Crippen LogP contribution in [0.5, 0.6) is 0 Å². The minimum atomic E-state index is -1.22. The van der Waals surface area contributed by atoms with Crippen molar-refractivity contribution >= 4 is 23.2 Å². The lowest BCUT2D eigenvalue weighted by atomic mass is 10.0. The summed E-state index contributed by atoms with van der Waals surface area (Å²) in [6.07, 6.45) is -5.40. The molecule has 2 aliphatic rings. The molecule has 6 nitrogen and oxygen atoms in total. The molecule has 28 heavy (non-hydrogen) atoms. The van der Waals surface area contributed by atoms with Gasteiger partial charge in [-0.2, -0.15) is 0 Å². The zero-order chi connectivity index (χ0) is 19.7. The number of aliphatic hydroxyl groups excluding tert-OH is 2. The van der Waals surface area contributed by atoms with Crippen LogP contribution in [0.3, 0.4) is 0 Å². The maximum Gasteiger partial charge on any atom is 0.185 e. The number of hydrogen-bond donors (Lipinski definition) is 2. The number of halogens is 2. The summed E-state index contributed by atoms with van der Waals surface area (Å²) in [5, 5.41) is 21.8. The van der Waals surface area contributed by atoms with Crippen molar-refractivity contribution in [3.05, 3.63) is 69.7 Å². The van der Waals surface area contributed by atoms with E-state index in [1.165, 1.54) is 0 Å². The molecule has 0 radical (unpaired) electrons. The van der Waals surface area contributed by atoms with E-state index in [2.05, 4.69) is 0 Å². The van der Waals surface area contributed by atoms with Crippen molar-refractivity contribution in [3.63, 3.8) is 0 Å². The maximum atomic E-state index is 10.6. The van der Waals surface area contributed by atoms with Gasteiger partial charge in [-0.05, 0) is 12.1 Å². The Kier molecular flexibility index (Phi) is 6.20. The minimum Gasteiger partial charge on any atom is -0.388 e. The lowest BCUT2D eigenvalue weighted by Crippen LogP contribution is -2.46. The molecule has 2 heterocycles. The first-order valence-electron chi connectivity index (χ1n) is 8.93. The van der Waals surface area contributed by atoms with Gasteiger partial charge < -0.3 is 29.2 Å². The average molecular weight is 427 g/mol. The van der Waals surface area contributed by atoms with Gasteiger partial charge in [-0.15, -0.1) is 0 Å². The van der Waals surface area contributed by atoms with Gasteiger partial charge in [0.05, 0.1) is 13.2 Å². The lowest BCUT2D eigenvalue weighted by Gasteiger charge is -2.28. The van der Waals surface area contributed by atoms with Crippen molar-refractivity contribution in [2.75, 3.05) is 13.2 Å². The molecule has 6 atom stereocenters. The minimum absolute atomic E-state index is 0.102. The van der Waals surface area contributed by atoms with Crippen molar-refractivity contribution in [1.29, 1.82) is 0 Å². The van der Waals surface area contributed by atoms with Crippen molar-refractivity contribution in [2.24, 2.45) is 0 Å². The fourth-order valence-electron chi connectivity index (χ4n) is 3.32. The molecule has 0 amide bonds. The Morgan fingerprint density at radius 2 is 1.29 bits per heavy atom. The average Bonchev–Trinajstić information content (AvgIpc) is 3.12. The van der Waals surface area contributed by atoms with Crippen molar-refractivity contribution in [2.45, 2.75) is 37.0 Å². The van der Waals surface area contributed by atoms with Crippen LogP contribution < -0.4 is 0 Å². The van der Waals surface area contributed by atoms with Crippen LogP contribution in [-0.4, -0.2) is 47.8 Å². The van der Waals surface area contributed by atoms with Crippen LogP contribution in [0.2, 0.25) is 10.0 Å². The third-order valence-electron chi connectivity index (χ3n) is 4.82. The second-order valence-corrected chi connectivity index (χ2v) is 7.52. The molecule has 2 saturated heterocycles. The Hall–Kier alpha value is -1.22. The molecule has 0 bridgehead atoms. The van der Waals surface area contributed by atoms with E-state index in [4.69, 9.17) is 42.1 Å². The van der Waals surface area contributed by atoms with Gasteiger partial charge in [0.15, 0.2) is 12.6 Å². The molecule has 0 spiro atoms. The Bertz CT molecular complexity index is 819. The maximum absolute atomic E-state index is 10.6. The summed E-state index contributed by atoms with van der Waals surface area (Å²) in [5.74, 6) is 0. The SMILES string of the molecule is O[C@H]1[C@@H]([C@H]2COC(c3ccccc3Cl)O2)OC(c2ccccc2Cl)OC[C@@H]1O. The summed E-state index contributed by atoms with van der Waals surface area (Å²) >= 11 is 12.5. The van der Waals surface area contributed by atoms with Crippen LogP contribution in [0.15, 0.2) is 48.5 Å². The smallest absolute Gasteiger partial charge is 0.185 e. The zero-order valence-corrected chi connectivity index (χ0v) is 16.3. The number of hydrogen-bond acceptors (Lipinski definition) is 6. The molecule has 2 aromatic carbocycles. The number of ether oxygens (including phenoxy) is 4. The summed E-state index contributed by atoms with van der Waals surface area (Å²) in [4.78, 5) is 0. The summed E-state index contributed by atoms with van der Waals surface area (Å²) in [5.41, 5.74) is 1.30. The van der Waals surface area contributed by atoms with Crippen LogP contribution in [0.25, 0.3) is 0 Å². The first-order chi connectivity index (χ1) is 13.5. The summed E-state index contributed by atoms with van der Waals surface area (Å²) in [6, 6.07) is 14.3. The normalized spacial score (nSPS) is 33.6. The summed E-state index contributed by atoms with van der Waals surface area (Å²) < 4.78 is 23.3.